The predicted molar refractivity (Wildman–Crippen MR) is 85.8 cm³/mol. The quantitative estimate of drug-likeness (QED) is 0.680. The van der Waals surface area contributed by atoms with E-state index in [2.05, 4.69) is 18.2 Å². The third-order valence-electron chi connectivity index (χ3n) is 4.37. The summed E-state index contributed by atoms with van der Waals surface area (Å²) in [5.74, 6) is 0.411. The molecule has 1 aromatic heterocycles. The number of furan rings is 1. The minimum absolute atomic E-state index is 0.0231. The number of amides is 1. The van der Waals surface area contributed by atoms with E-state index in [1.165, 1.54) is 11.1 Å². The van der Waals surface area contributed by atoms with Gasteiger partial charge >= 0.3 is 0 Å². The van der Waals surface area contributed by atoms with Crippen molar-refractivity contribution in [1.29, 1.82) is 0 Å². The lowest BCUT2D eigenvalue weighted by molar-refractivity contribution is 0.0705. The Bertz CT molecular complexity index is 863. The van der Waals surface area contributed by atoms with Gasteiger partial charge in [-0.3, -0.25) is 4.79 Å². The number of fused-ring (bicyclic) bond motifs is 2. The Balaban J connectivity index is 1.65. The van der Waals surface area contributed by atoms with Gasteiger partial charge in [-0.1, -0.05) is 42.5 Å². The van der Waals surface area contributed by atoms with Crippen LogP contribution in [0.15, 0.2) is 52.9 Å². The fraction of sp³-hybridized carbons (Fsp3) is 0.211. The van der Waals surface area contributed by atoms with Crippen LogP contribution < -0.4 is 0 Å². The molecule has 0 radical (unpaired) electrons. The lowest BCUT2D eigenvalue weighted by Gasteiger charge is -2.28. The zero-order valence-electron chi connectivity index (χ0n) is 12.5. The highest BCUT2D eigenvalue weighted by molar-refractivity contribution is 5.96. The molecule has 2 heterocycles. The number of hydrogen-bond acceptors (Lipinski definition) is 2. The van der Waals surface area contributed by atoms with Gasteiger partial charge in [0.2, 0.25) is 0 Å². The summed E-state index contributed by atoms with van der Waals surface area (Å²) in [4.78, 5) is 14.6. The van der Waals surface area contributed by atoms with Crippen LogP contribution in [0.5, 0.6) is 0 Å². The van der Waals surface area contributed by atoms with Gasteiger partial charge in [0.05, 0.1) is 0 Å². The van der Waals surface area contributed by atoms with Crippen LogP contribution in [0, 0.1) is 6.92 Å². The number of benzene rings is 2. The number of hydrogen-bond donors (Lipinski definition) is 0. The maximum atomic E-state index is 12.7. The van der Waals surface area contributed by atoms with E-state index >= 15 is 0 Å². The van der Waals surface area contributed by atoms with E-state index in [1.807, 2.05) is 42.2 Å². The molecular weight excluding hydrogens is 274 g/mol. The molecule has 3 heteroatoms. The maximum absolute atomic E-state index is 12.7. The maximum Gasteiger partial charge on any atom is 0.289 e. The van der Waals surface area contributed by atoms with E-state index in [0.717, 1.165) is 29.5 Å². The van der Waals surface area contributed by atoms with Crippen molar-refractivity contribution < 1.29 is 9.21 Å². The smallest absolute Gasteiger partial charge is 0.289 e. The highest BCUT2D eigenvalue weighted by Gasteiger charge is 2.24. The van der Waals surface area contributed by atoms with Crippen molar-refractivity contribution in [1.82, 2.24) is 4.90 Å². The molecule has 0 aliphatic carbocycles. The second kappa shape index (κ2) is 5.02. The van der Waals surface area contributed by atoms with E-state index in [9.17, 15) is 4.79 Å². The number of nitrogens with zero attached hydrogens (tertiary/aromatic N) is 1. The van der Waals surface area contributed by atoms with Crippen LogP contribution in [0.1, 0.15) is 27.2 Å². The SMILES string of the molecule is Cc1cccc2cc(C(=O)N3CCc4ccccc4C3)oc12. The molecule has 0 saturated heterocycles. The highest BCUT2D eigenvalue weighted by atomic mass is 16.3. The number of rotatable bonds is 1. The summed E-state index contributed by atoms with van der Waals surface area (Å²) < 4.78 is 5.81. The minimum atomic E-state index is -0.0231. The van der Waals surface area contributed by atoms with Crippen LogP contribution >= 0.6 is 0 Å². The van der Waals surface area contributed by atoms with Gasteiger partial charge in [-0.15, -0.1) is 0 Å². The van der Waals surface area contributed by atoms with Gasteiger partial charge in [0, 0.05) is 18.5 Å². The molecule has 1 aliphatic rings. The van der Waals surface area contributed by atoms with Crippen molar-refractivity contribution >= 4 is 16.9 Å². The van der Waals surface area contributed by atoms with E-state index in [0.29, 0.717) is 12.3 Å². The van der Waals surface area contributed by atoms with Gasteiger partial charge < -0.3 is 9.32 Å². The zero-order chi connectivity index (χ0) is 15.1. The number of carbonyl (C=O) groups excluding carboxylic acids is 1. The Morgan fingerprint density at radius 3 is 2.73 bits per heavy atom. The van der Waals surface area contributed by atoms with Crippen LogP contribution in [-0.4, -0.2) is 17.4 Å². The first-order valence-electron chi connectivity index (χ1n) is 7.57. The summed E-state index contributed by atoms with van der Waals surface area (Å²) in [6, 6.07) is 16.1. The average molecular weight is 291 g/mol. The lowest BCUT2D eigenvalue weighted by Crippen LogP contribution is -2.35. The van der Waals surface area contributed by atoms with Crippen LogP contribution in [0.4, 0.5) is 0 Å². The third-order valence-corrected chi connectivity index (χ3v) is 4.37. The first-order chi connectivity index (χ1) is 10.7. The van der Waals surface area contributed by atoms with E-state index < -0.39 is 0 Å². The van der Waals surface area contributed by atoms with Gasteiger partial charge in [0.15, 0.2) is 5.76 Å². The Kier molecular flexibility index (Phi) is 3.00. The van der Waals surface area contributed by atoms with Crippen molar-refractivity contribution in [3.05, 3.63) is 71.0 Å². The molecule has 0 saturated carbocycles. The molecule has 0 bridgehead atoms. The van der Waals surface area contributed by atoms with Gasteiger partial charge in [-0.2, -0.15) is 0 Å². The Morgan fingerprint density at radius 1 is 1.09 bits per heavy atom. The van der Waals surface area contributed by atoms with Crippen molar-refractivity contribution in [2.24, 2.45) is 0 Å². The molecule has 3 aromatic rings. The topological polar surface area (TPSA) is 33.5 Å². The van der Waals surface area contributed by atoms with Crippen molar-refractivity contribution in [3.63, 3.8) is 0 Å². The first-order valence-corrected chi connectivity index (χ1v) is 7.57. The predicted octanol–water partition coefficient (Wildman–Crippen LogP) is 3.94. The summed E-state index contributed by atoms with van der Waals surface area (Å²) in [7, 11) is 0. The molecule has 0 N–H and O–H groups in total. The summed E-state index contributed by atoms with van der Waals surface area (Å²) in [6.07, 6.45) is 0.904. The molecule has 0 atom stereocenters. The molecule has 2 aromatic carbocycles. The molecule has 110 valence electrons. The zero-order valence-corrected chi connectivity index (χ0v) is 12.5. The minimum Gasteiger partial charge on any atom is -0.451 e. The van der Waals surface area contributed by atoms with Crippen molar-refractivity contribution in [2.45, 2.75) is 19.9 Å². The molecule has 22 heavy (non-hydrogen) atoms. The van der Waals surface area contributed by atoms with Crippen molar-refractivity contribution in [3.8, 4) is 0 Å². The third kappa shape index (κ3) is 2.10. The summed E-state index contributed by atoms with van der Waals surface area (Å²) in [5, 5.41) is 0.987. The van der Waals surface area contributed by atoms with Gasteiger partial charge in [0.1, 0.15) is 5.58 Å². The fourth-order valence-corrected chi connectivity index (χ4v) is 3.14. The van der Waals surface area contributed by atoms with Crippen LogP contribution in [0.25, 0.3) is 11.0 Å². The highest BCUT2D eigenvalue weighted by Crippen LogP contribution is 2.25. The fourth-order valence-electron chi connectivity index (χ4n) is 3.14. The van der Waals surface area contributed by atoms with Crippen molar-refractivity contribution in [2.75, 3.05) is 6.54 Å². The molecule has 1 amide bonds. The summed E-state index contributed by atoms with van der Waals surface area (Å²) in [5.41, 5.74) is 4.44. The van der Waals surface area contributed by atoms with Crippen LogP contribution in [0.3, 0.4) is 0 Å². The standard InChI is InChI=1S/C19H17NO2/c1-13-5-4-8-15-11-17(22-18(13)15)19(21)20-10-9-14-6-2-3-7-16(14)12-20/h2-8,11H,9-10,12H2,1H3. The number of carbonyl (C=O) groups is 1. The molecule has 1 aliphatic heterocycles. The van der Waals surface area contributed by atoms with Crippen LogP contribution in [-0.2, 0) is 13.0 Å². The molecule has 0 spiro atoms. The van der Waals surface area contributed by atoms with E-state index in [4.69, 9.17) is 4.42 Å². The number of aryl methyl sites for hydroxylation is 1. The Morgan fingerprint density at radius 2 is 1.91 bits per heavy atom. The second-order valence-corrected chi connectivity index (χ2v) is 5.85. The Labute approximate surface area is 129 Å². The van der Waals surface area contributed by atoms with Gasteiger partial charge in [0.25, 0.3) is 5.91 Å². The van der Waals surface area contributed by atoms with E-state index in [-0.39, 0.29) is 5.91 Å². The normalized spacial score (nSPS) is 14.1. The Hall–Kier alpha value is -2.55. The largest absolute Gasteiger partial charge is 0.451 e. The summed E-state index contributed by atoms with van der Waals surface area (Å²) in [6.45, 7) is 3.40. The lowest BCUT2D eigenvalue weighted by atomic mass is 10.00. The van der Waals surface area contributed by atoms with Gasteiger partial charge in [-0.05, 0) is 36.1 Å². The van der Waals surface area contributed by atoms with E-state index in [1.54, 1.807) is 0 Å². The molecular formula is C19H17NO2. The molecule has 0 fully saturated rings. The first kappa shape index (κ1) is 13.1. The molecule has 0 unspecified atom stereocenters. The van der Waals surface area contributed by atoms with Crippen LogP contribution in [0.2, 0.25) is 0 Å². The summed E-state index contributed by atoms with van der Waals surface area (Å²) >= 11 is 0. The second-order valence-electron chi connectivity index (χ2n) is 5.85. The monoisotopic (exact) mass is 291 g/mol. The molecule has 4 rings (SSSR count). The number of para-hydroxylation sites is 1. The van der Waals surface area contributed by atoms with Gasteiger partial charge in [-0.25, -0.2) is 0 Å². The average Bonchev–Trinajstić information content (AvgIpc) is 2.99. The molecule has 3 nitrogen and oxygen atoms in total.